The lowest BCUT2D eigenvalue weighted by atomic mass is 9.85. The monoisotopic (exact) mass is 303 g/mol. The van der Waals surface area contributed by atoms with Crippen LogP contribution in [0.5, 0.6) is 5.75 Å². The van der Waals surface area contributed by atoms with Crippen molar-refractivity contribution in [1.29, 1.82) is 0 Å². The van der Waals surface area contributed by atoms with Crippen LogP contribution in [0.25, 0.3) is 0 Å². The summed E-state index contributed by atoms with van der Waals surface area (Å²) in [5.41, 5.74) is 6.84. The van der Waals surface area contributed by atoms with E-state index in [0.717, 1.165) is 17.5 Å². The van der Waals surface area contributed by atoms with E-state index in [-0.39, 0.29) is 24.1 Å². The second kappa shape index (κ2) is 6.69. The lowest BCUT2D eigenvalue weighted by Crippen LogP contribution is -2.36. The van der Waals surface area contributed by atoms with Crippen molar-refractivity contribution in [1.82, 2.24) is 0 Å². The Labute approximate surface area is 124 Å². The quantitative estimate of drug-likeness (QED) is 0.884. The molecule has 21 heavy (non-hydrogen) atoms. The van der Waals surface area contributed by atoms with E-state index in [0.29, 0.717) is 0 Å². The Bertz CT molecular complexity index is 464. The molecule has 0 aliphatic heterocycles. The summed E-state index contributed by atoms with van der Waals surface area (Å²) in [7, 11) is 0. The van der Waals surface area contributed by atoms with Gasteiger partial charge in [0.25, 0.3) is 0 Å². The van der Waals surface area contributed by atoms with Gasteiger partial charge in [-0.2, -0.15) is 13.2 Å². The molecule has 0 spiro atoms. The minimum Gasteiger partial charge on any atom is -0.481 e. The third-order valence-electron chi connectivity index (χ3n) is 3.32. The smallest absolute Gasteiger partial charge is 0.425 e. The number of ether oxygens (including phenoxy) is 1. The molecular formula is C16H24F3NO. The van der Waals surface area contributed by atoms with Gasteiger partial charge in [-0.15, -0.1) is 0 Å². The third kappa shape index (κ3) is 4.92. The standard InChI is InChI=1S/C16H24F3NO/c1-5-11-6-7-13(12(10-11)15(2,3)4)21-14(8-9-20)16(17,18)19/h6-7,10,14H,5,8-9,20H2,1-4H3. The fourth-order valence-electron chi connectivity index (χ4n) is 2.08. The van der Waals surface area contributed by atoms with Crippen molar-refractivity contribution in [3.8, 4) is 5.75 Å². The summed E-state index contributed by atoms with van der Waals surface area (Å²) in [6, 6.07) is 5.36. The second-order valence-corrected chi connectivity index (χ2v) is 6.16. The first-order valence-electron chi connectivity index (χ1n) is 7.16. The van der Waals surface area contributed by atoms with Gasteiger partial charge in [0.2, 0.25) is 0 Å². The summed E-state index contributed by atoms with van der Waals surface area (Å²) in [5.74, 6) is 0.287. The van der Waals surface area contributed by atoms with E-state index >= 15 is 0 Å². The Balaban J connectivity index is 3.17. The predicted molar refractivity (Wildman–Crippen MR) is 78.7 cm³/mol. The number of benzene rings is 1. The van der Waals surface area contributed by atoms with Crippen molar-refractivity contribution >= 4 is 0 Å². The largest absolute Gasteiger partial charge is 0.481 e. The number of hydrogen-bond donors (Lipinski definition) is 1. The number of aryl methyl sites for hydroxylation is 1. The number of halogens is 3. The first-order valence-corrected chi connectivity index (χ1v) is 7.16. The molecule has 5 heteroatoms. The maximum absolute atomic E-state index is 13.0. The van der Waals surface area contributed by atoms with Gasteiger partial charge in [-0.05, 0) is 35.6 Å². The normalized spacial score (nSPS) is 14.1. The zero-order chi connectivity index (χ0) is 16.3. The average molecular weight is 303 g/mol. The molecule has 2 nitrogen and oxygen atoms in total. The second-order valence-electron chi connectivity index (χ2n) is 6.16. The van der Waals surface area contributed by atoms with Crippen molar-refractivity contribution < 1.29 is 17.9 Å². The summed E-state index contributed by atoms with van der Waals surface area (Å²) in [5, 5.41) is 0. The van der Waals surface area contributed by atoms with Gasteiger partial charge < -0.3 is 10.5 Å². The molecular weight excluding hydrogens is 279 g/mol. The molecule has 1 aromatic rings. The van der Waals surface area contributed by atoms with Gasteiger partial charge >= 0.3 is 6.18 Å². The van der Waals surface area contributed by atoms with Gasteiger partial charge in [-0.3, -0.25) is 0 Å². The lowest BCUT2D eigenvalue weighted by molar-refractivity contribution is -0.196. The van der Waals surface area contributed by atoms with Crippen LogP contribution >= 0.6 is 0 Å². The van der Waals surface area contributed by atoms with Crippen LogP contribution in [0.3, 0.4) is 0 Å². The Morgan fingerprint density at radius 2 is 1.81 bits per heavy atom. The molecule has 0 fully saturated rings. The van der Waals surface area contributed by atoms with Crippen LogP contribution in [0.15, 0.2) is 18.2 Å². The van der Waals surface area contributed by atoms with Crippen molar-refractivity contribution in [3.63, 3.8) is 0 Å². The molecule has 1 unspecified atom stereocenters. The van der Waals surface area contributed by atoms with Crippen LogP contribution in [0.1, 0.15) is 45.2 Å². The minimum atomic E-state index is -4.42. The van der Waals surface area contributed by atoms with Crippen LogP contribution in [-0.4, -0.2) is 18.8 Å². The highest BCUT2D eigenvalue weighted by atomic mass is 19.4. The Morgan fingerprint density at radius 1 is 1.19 bits per heavy atom. The third-order valence-corrected chi connectivity index (χ3v) is 3.32. The number of alkyl halides is 3. The molecule has 1 atom stereocenters. The lowest BCUT2D eigenvalue weighted by Gasteiger charge is -2.27. The molecule has 0 bridgehead atoms. The van der Waals surface area contributed by atoms with Gasteiger partial charge in [0.05, 0.1) is 0 Å². The molecule has 1 rings (SSSR count). The van der Waals surface area contributed by atoms with E-state index < -0.39 is 12.3 Å². The van der Waals surface area contributed by atoms with E-state index in [2.05, 4.69) is 0 Å². The molecule has 0 aliphatic rings. The Kier molecular flexibility index (Phi) is 5.68. The Hall–Kier alpha value is -1.23. The van der Waals surface area contributed by atoms with E-state index in [1.54, 1.807) is 12.1 Å². The van der Waals surface area contributed by atoms with Gasteiger partial charge in [0.15, 0.2) is 6.10 Å². The highest BCUT2D eigenvalue weighted by Crippen LogP contribution is 2.35. The number of rotatable bonds is 5. The van der Waals surface area contributed by atoms with Crippen molar-refractivity contribution in [2.45, 2.75) is 58.2 Å². The van der Waals surface area contributed by atoms with Crippen LogP contribution in [0, 0.1) is 0 Å². The fraction of sp³-hybridized carbons (Fsp3) is 0.625. The molecule has 0 aromatic heterocycles. The molecule has 0 saturated heterocycles. The summed E-state index contributed by atoms with van der Waals surface area (Å²) < 4.78 is 44.2. The zero-order valence-corrected chi connectivity index (χ0v) is 13.1. The number of nitrogens with two attached hydrogens (primary N) is 1. The predicted octanol–water partition coefficient (Wildman–Crippen LogP) is 4.21. The molecule has 0 heterocycles. The molecule has 0 radical (unpaired) electrons. The van der Waals surface area contributed by atoms with Crippen LogP contribution in [0.2, 0.25) is 0 Å². The molecule has 0 aliphatic carbocycles. The summed E-state index contributed by atoms with van der Waals surface area (Å²) in [6.45, 7) is 7.82. The fourth-order valence-corrected chi connectivity index (χ4v) is 2.08. The van der Waals surface area contributed by atoms with Crippen molar-refractivity contribution in [3.05, 3.63) is 29.3 Å². The maximum atomic E-state index is 13.0. The molecule has 2 N–H and O–H groups in total. The van der Waals surface area contributed by atoms with Gasteiger partial charge in [-0.25, -0.2) is 0 Å². The average Bonchev–Trinajstić information content (AvgIpc) is 2.36. The van der Waals surface area contributed by atoms with Gasteiger partial charge in [0.1, 0.15) is 5.75 Å². The topological polar surface area (TPSA) is 35.2 Å². The van der Waals surface area contributed by atoms with E-state index in [1.165, 1.54) is 0 Å². The highest BCUT2D eigenvalue weighted by Gasteiger charge is 2.41. The SMILES string of the molecule is CCc1ccc(OC(CCN)C(F)(F)F)c(C(C)(C)C)c1. The zero-order valence-electron chi connectivity index (χ0n) is 13.1. The van der Waals surface area contributed by atoms with Crippen LogP contribution in [-0.2, 0) is 11.8 Å². The first-order chi connectivity index (χ1) is 9.59. The summed E-state index contributed by atoms with van der Waals surface area (Å²) >= 11 is 0. The summed E-state index contributed by atoms with van der Waals surface area (Å²) in [6.07, 6.45) is -5.70. The first kappa shape index (κ1) is 17.8. The van der Waals surface area contributed by atoms with Gasteiger partial charge in [0, 0.05) is 6.42 Å². The molecule has 120 valence electrons. The van der Waals surface area contributed by atoms with E-state index in [1.807, 2.05) is 33.8 Å². The maximum Gasteiger partial charge on any atom is 0.425 e. The highest BCUT2D eigenvalue weighted by molar-refractivity contribution is 5.42. The Morgan fingerprint density at radius 3 is 2.24 bits per heavy atom. The minimum absolute atomic E-state index is 0.0674. The van der Waals surface area contributed by atoms with E-state index in [4.69, 9.17) is 10.5 Å². The van der Waals surface area contributed by atoms with Crippen LogP contribution < -0.4 is 10.5 Å². The van der Waals surface area contributed by atoms with E-state index in [9.17, 15) is 13.2 Å². The summed E-state index contributed by atoms with van der Waals surface area (Å²) in [4.78, 5) is 0. The van der Waals surface area contributed by atoms with Crippen molar-refractivity contribution in [2.24, 2.45) is 5.73 Å². The molecule has 1 aromatic carbocycles. The van der Waals surface area contributed by atoms with Crippen molar-refractivity contribution in [2.75, 3.05) is 6.54 Å². The van der Waals surface area contributed by atoms with Gasteiger partial charge in [-0.1, -0.05) is 39.8 Å². The molecule has 0 saturated carbocycles. The molecule has 0 amide bonds. The van der Waals surface area contributed by atoms with Crippen LogP contribution in [0.4, 0.5) is 13.2 Å². The number of hydrogen-bond acceptors (Lipinski definition) is 2.